The van der Waals surface area contributed by atoms with Gasteiger partial charge in [-0.1, -0.05) is 13.3 Å². The minimum Gasteiger partial charge on any atom is -0.373 e. The number of ether oxygens (including phenoxy) is 1. The monoisotopic (exact) mass is 279 g/mol. The molecule has 1 rings (SSSR count). The van der Waals surface area contributed by atoms with Crippen LogP contribution < -0.4 is 5.73 Å². The molecule has 0 radical (unpaired) electrons. The number of halogens is 1. The molecule has 1 aliphatic heterocycles. The molecule has 0 bridgehead atoms. The van der Waals surface area contributed by atoms with Crippen LogP contribution in [-0.4, -0.2) is 68.2 Å². The van der Waals surface area contributed by atoms with Gasteiger partial charge in [-0.25, -0.2) is 0 Å². The van der Waals surface area contributed by atoms with Gasteiger partial charge in [-0.15, -0.1) is 12.4 Å². The molecule has 0 spiro atoms. The molecule has 0 aromatic carbocycles. The van der Waals surface area contributed by atoms with E-state index in [1.807, 2.05) is 25.9 Å². The second kappa shape index (κ2) is 8.69. The molecule has 1 fully saturated rings. The summed E-state index contributed by atoms with van der Waals surface area (Å²) in [6.07, 6.45) is 1.81. The van der Waals surface area contributed by atoms with Crippen LogP contribution in [-0.2, 0) is 9.53 Å². The highest BCUT2D eigenvalue weighted by molar-refractivity contribution is 5.85. The van der Waals surface area contributed by atoms with Gasteiger partial charge in [0, 0.05) is 19.6 Å². The van der Waals surface area contributed by atoms with E-state index in [0.29, 0.717) is 19.7 Å². The molecule has 0 aromatic heterocycles. The van der Waals surface area contributed by atoms with Crippen LogP contribution in [0.5, 0.6) is 0 Å². The Balaban J connectivity index is 0.00000289. The summed E-state index contributed by atoms with van der Waals surface area (Å²) in [5.41, 5.74) is 5.86. The number of nitrogens with two attached hydrogens (primary N) is 1. The number of hydrogen-bond donors (Lipinski definition) is 1. The van der Waals surface area contributed by atoms with E-state index >= 15 is 0 Å². The predicted octanol–water partition coefficient (Wildman–Crippen LogP) is 0.325. The van der Waals surface area contributed by atoms with Crippen molar-refractivity contribution < 1.29 is 9.53 Å². The Morgan fingerprint density at radius 3 is 2.78 bits per heavy atom. The lowest BCUT2D eigenvalue weighted by molar-refractivity contribution is -0.140. The van der Waals surface area contributed by atoms with Gasteiger partial charge in [-0.05, 0) is 20.5 Å². The second-order valence-corrected chi connectivity index (χ2v) is 4.93. The third-order valence-corrected chi connectivity index (χ3v) is 2.94. The SMILES string of the molecule is CCCC(N)C(=O)N1CCOC(CN(C)C)C1.Cl. The van der Waals surface area contributed by atoms with Crippen LogP contribution in [0.3, 0.4) is 0 Å². The highest BCUT2D eigenvalue weighted by Gasteiger charge is 2.27. The molecule has 1 aliphatic rings. The number of carbonyl (C=O) groups is 1. The van der Waals surface area contributed by atoms with Crippen molar-refractivity contribution >= 4 is 18.3 Å². The fraction of sp³-hybridized carbons (Fsp3) is 0.917. The summed E-state index contributed by atoms with van der Waals surface area (Å²) in [7, 11) is 4.01. The van der Waals surface area contributed by atoms with Crippen LogP contribution in [0.1, 0.15) is 19.8 Å². The minimum absolute atomic E-state index is 0. The lowest BCUT2D eigenvalue weighted by Gasteiger charge is -2.35. The Labute approximate surface area is 116 Å². The van der Waals surface area contributed by atoms with Gasteiger partial charge in [-0.3, -0.25) is 4.79 Å². The van der Waals surface area contributed by atoms with Crippen molar-refractivity contribution in [3.8, 4) is 0 Å². The zero-order chi connectivity index (χ0) is 12.8. The quantitative estimate of drug-likeness (QED) is 0.788. The van der Waals surface area contributed by atoms with E-state index in [1.165, 1.54) is 0 Å². The molecule has 2 unspecified atom stereocenters. The first-order valence-corrected chi connectivity index (χ1v) is 6.35. The zero-order valence-corrected chi connectivity index (χ0v) is 12.4. The van der Waals surface area contributed by atoms with Gasteiger partial charge < -0.3 is 20.3 Å². The highest BCUT2D eigenvalue weighted by Crippen LogP contribution is 2.09. The van der Waals surface area contributed by atoms with Gasteiger partial charge in [0.2, 0.25) is 5.91 Å². The van der Waals surface area contributed by atoms with Gasteiger partial charge in [0.1, 0.15) is 0 Å². The van der Waals surface area contributed by atoms with Gasteiger partial charge in [0.15, 0.2) is 0 Å². The predicted molar refractivity (Wildman–Crippen MR) is 75.0 cm³/mol. The van der Waals surface area contributed by atoms with Gasteiger partial charge in [0.25, 0.3) is 0 Å². The summed E-state index contributed by atoms with van der Waals surface area (Å²) in [5.74, 6) is 0.0684. The number of hydrogen-bond acceptors (Lipinski definition) is 4. The molecule has 6 heteroatoms. The fourth-order valence-corrected chi connectivity index (χ4v) is 2.11. The normalized spacial score (nSPS) is 21.6. The Bertz CT molecular complexity index is 251. The largest absolute Gasteiger partial charge is 0.373 e. The smallest absolute Gasteiger partial charge is 0.239 e. The third kappa shape index (κ3) is 5.52. The summed E-state index contributed by atoms with van der Waals surface area (Å²) in [5, 5.41) is 0. The van der Waals surface area contributed by atoms with E-state index in [-0.39, 0.29) is 30.5 Å². The Morgan fingerprint density at radius 1 is 1.56 bits per heavy atom. The number of amides is 1. The first-order valence-electron chi connectivity index (χ1n) is 6.35. The summed E-state index contributed by atoms with van der Waals surface area (Å²) in [4.78, 5) is 16.0. The maximum absolute atomic E-state index is 12.1. The summed E-state index contributed by atoms with van der Waals surface area (Å²) in [6.45, 7) is 4.83. The van der Waals surface area contributed by atoms with E-state index in [2.05, 4.69) is 4.90 Å². The summed E-state index contributed by atoms with van der Waals surface area (Å²) in [6, 6.07) is -0.349. The lowest BCUT2D eigenvalue weighted by Crippen LogP contribution is -2.53. The molecule has 0 aliphatic carbocycles. The number of nitrogens with zero attached hydrogens (tertiary/aromatic N) is 2. The lowest BCUT2D eigenvalue weighted by atomic mass is 10.1. The maximum Gasteiger partial charge on any atom is 0.239 e. The molecular weight excluding hydrogens is 254 g/mol. The van der Waals surface area contributed by atoms with Crippen LogP contribution in [0.25, 0.3) is 0 Å². The maximum atomic E-state index is 12.1. The fourth-order valence-electron chi connectivity index (χ4n) is 2.11. The van der Waals surface area contributed by atoms with Crippen LogP contribution in [0.2, 0.25) is 0 Å². The second-order valence-electron chi connectivity index (χ2n) is 4.93. The first-order chi connectivity index (χ1) is 8.04. The molecule has 2 N–H and O–H groups in total. The van der Waals surface area contributed by atoms with Gasteiger partial charge in [-0.2, -0.15) is 0 Å². The number of likely N-dealkylation sites (N-methyl/N-ethyl adjacent to an activating group) is 1. The summed E-state index contributed by atoms with van der Waals surface area (Å²) >= 11 is 0. The highest BCUT2D eigenvalue weighted by atomic mass is 35.5. The molecule has 0 aromatic rings. The van der Waals surface area contributed by atoms with Crippen LogP contribution in [0.15, 0.2) is 0 Å². The van der Waals surface area contributed by atoms with Gasteiger partial charge in [0.05, 0.1) is 18.8 Å². The van der Waals surface area contributed by atoms with Crippen molar-refractivity contribution in [3.63, 3.8) is 0 Å². The van der Waals surface area contributed by atoms with Crippen molar-refractivity contribution in [3.05, 3.63) is 0 Å². The van der Waals surface area contributed by atoms with E-state index in [4.69, 9.17) is 10.5 Å². The molecule has 0 saturated carbocycles. The number of carbonyl (C=O) groups excluding carboxylic acids is 1. The van der Waals surface area contributed by atoms with Gasteiger partial charge >= 0.3 is 0 Å². The molecule has 18 heavy (non-hydrogen) atoms. The van der Waals surface area contributed by atoms with Crippen molar-refractivity contribution in [2.75, 3.05) is 40.3 Å². The van der Waals surface area contributed by atoms with Crippen molar-refractivity contribution in [2.45, 2.75) is 31.9 Å². The Kier molecular flexibility index (Phi) is 8.52. The molecule has 1 saturated heterocycles. The van der Waals surface area contributed by atoms with E-state index < -0.39 is 0 Å². The van der Waals surface area contributed by atoms with Crippen molar-refractivity contribution in [1.82, 2.24) is 9.80 Å². The Hall–Kier alpha value is -0.360. The number of rotatable bonds is 5. The van der Waals surface area contributed by atoms with Crippen LogP contribution >= 0.6 is 12.4 Å². The molecule has 108 valence electrons. The van der Waals surface area contributed by atoms with Crippen molar-refractivity contribution in [2.24, 2.45) is 5.73 Å². The topological polar surface area (TPSA) is 58.8 Å². The van der Waals surface area contributed by atoms with Crippen LogP contribution in [0, 0.1) is 0 Å². The molecule has 1 heterocycles. The van der Waals surface area contributed by atoms with E-state index in [9.17, 15) is 4.79 Å². The van der Waals surface area contributed by atoms with E-state index in [0.717, 1.165) is 19.4 Å². The first kappa shape index (κ1) is 17.6. The molecule has 2 atom stereocenters. The van der Waals surface area contributed by atoms with E-state index in [1.54, 1.807) is 0 Å². The molecular formula is C12H26ClN3O2. The zero-order valence-electron chi connectivity index (χ0n) is 11.6. The third-order valence-electron chi connectivity index (χ3n) is 2.94. The average Bonchev–Trinajstić information content (AvgIpc) is 2.28. The van der Waals surface area contributed by atoms with Crippen molar-refractivity contribution in [1.29, 1.82) is 0 Å². The molecule has 1 amide bonds. The standard InChI is InChI=1S/C12H25N3O2.ClH/c1-4-5-11(13)12(16)15-6-7-17-10(9-15)8-14(2)3;/h10-11H,4-9,13H2,1-3H3;1H. The Morgan fingerprint density at radius 2 is 2.22 bits per heavy atom. The minimum atomic E-state index is -0.349. The number of morpholine rings is 1. The molecule has 5 nitrogen and oxygen atoms in total. The van der Waals surface area contributed by atoms with Crippen LogP contribution in [0.4, 0.5) is 0 Å². The average molecular weight is 280 g/mol. The summed E-state index contributed by atoms with van der Waals surface area (Å²) < 4.78 is 5.63.